The van der Waals surface area contributed by atoms with Crippen molar-refractivity contribution in [2.75, 3.05) is 57.1 Å². The lowest BCUT2D eigenvalue weighted by Gasteiger charge is -2.23. The number of morpholine rings is 1. The molecule has 0 bridgehead atoms. The molecule has 0 saturated carbocycles. The first-order chi connectivity index (χ1) is 15.0. The number of nitrogens with one attached hydrogen (secondary N) is 4. The van der Waals surface area contributed by atoms with E-state index >= 15 is 0 Å². The maximum absolute atomic E-state index is 12.4. The molecule has 1 fully saturated rings. The van der Waals surface area contributed by atoms with Gasteiger partial charge < -0.3 is 25.2 Å². The molecule has 166 valence electrons. The molecular weight excluding hydrogens is 392 g/mol. The normalized spacial score (nSPS) is 15.3. The van der Waals surface area contributed by atoms with E-state index in [9.17, 15) is 9.59 Å². The topological polar surface area (TPSA) is 76.3 Å². The van der Waals surface area contributed by atoms with E-state index in [2.05, 4.69) is 29.7 Å². The number of hydrogen-bond acceptors (Lipinski definition) is 3. The van der Waals surface area contributed by atoms with Crippen molar-refractivity contribution in [2.45, 2.75) is 19.9 Å². The van der Waals surface area contributed by atoms with Crippen molar-refractivity contribution in [1.82, 2.24) is 0 Å². The Morgan fingerprint density at radius 3 is 2.29 bits per heavy atom. The van der Waals surface area contributed by atoms with Gasteiger partial charge in [-0.3, -0.25) is 9.59 Å². The fourth-order valence-electron chi connectivity index (χ4n) is 3.79. The van der Waals surface area contributed by atoms with Crippen LogP contribution in [0, 0.1) is 0 Å². The predicted molar refractivity (Wildman–Crippen MR) is 121 cm³/mol. The van der Waals surface area contributed by atoms with Crippen molar-refractivity contribution >= 4 is 23.2 Å². The van der Waals surface area contributed by atoms with Crippen LogP contribution < -0.4 is 20.4 Å². The molecule has 31 heavy (non-hydrogen) atoms. The molecule has 1 saturated heterocycles. The third kappa shape index (κ3) is 7.47. The molecule has 7 nitrogen and oxygen atoms in total. The number of ether oxygens (including phenoxy) is 1. The molecule has 2 amide bonds. The summed E-state index contributed by atoms with van der Waals surface area (Å²) in [5, 5.41) is 5.88. The van der Waals surface area contributed by atoms with Crippen LogP contribution in [0.3, 0.4) is 0 Å². The van der Waals surface area contributed by atoms with Crippen LogP contribution in [0.25, 0.3) is 0 Å². The summed E-state index contributed by atoms with van der Waals surface area (Å²) in [4.78, 5) is 27.1. The number of anilines is 2. The molecule has 0 aromatic heterocycles. The van der Waals surface area contributed by atoms with Crippen molar-refractivity contribution in [3.63, 3.8) is 0 Å². The fraction of sp³-hybridized carbons (Fsp3) is 0.417. The Labute approximate surface area is 184 Å². The van der Waals surface area contributed by atoms with Gasteiger partial charge in [-0.25, -0.2) is 0 Å². The minimum absolute atomic E-state index is 0.0961. The van der Waals surface area contributed by atoms with Crippen LogP contribution in [0.1, 0.15) is 18.1 Å². The Morgan fingerprint density at radius 2 is 1.61 bits per heavy atom. The zero-order valence-corrected chi connectivity index (χ0v) is 18.5. The van der Waals surface area contributed by atoms with Crippen LogP contribution in [0.4, 0.5) is 11.4 Å². The number of quaternary nitrogens is 2. The number of likely N-dealkylation sites (N-methyl/N-ethyl adjacent to an activating group) is 1. The number of para-hydroxylation sites is 1. The molecular formula is C24H34N4O3+2. The average Bonchev–Trinajstić information content (AvgIpc) is 2.76. The quantitative estimate of drug-likeness (QED) is 0.447. The van der Waals surface area contributed by atoms with Gasteiger partial charge in [0, 0.05) is 16.9 Å². The van der Waals surface area contributed by atoms with Crippen molar-refractivity contribution in [2.24, 2.45) is 0 Å². The van der Waals surface area contributed by atoms with Crippen LogP contribution in [0.15, 0.2) is 48.5 Å². The first-order valence-corrected chi connectivity index (χ1v) is 11.0. The van der Waals surface area contributed by atoms with Crippen molar-refractivity contribution in [3.8, 4) is 0 Å². The van der Waals surface area contributed by atoms with Gasteiger partial charge in [0.2, 0.25) is 0 Å². The lowest BCUT2D eigenvalue weighted by Crippen LogP contribution is -3.12. The van der Waals surface area contributed by atoms with Crippen LogP contribution >= 0.6 is 0 Å². The van der Waals surface area contributed by atoms with Gasteiger partial charge in [-0.05, 0) is 30.2 Å². The standard InChI is InChI=1S/C24H32N4O3/c1-3-20-6-4-5-7-22(20)26-24(30)18-27(2)17-23(29)25-21-10-8-19(9-11-21)16-28-12-14-31-15-13-28/h4-11H,3,12-18H2,1-2H3,(H,25,29)(H,26,30)/p+2. The van der Waals surface area contributed by atoms with Gasteiger partial charge in [-0.1, -0.05) is 37.3 Å². The van der Waals surface area contributed by atoms with Crippen molar-refractivity contribution in [3.05, 3.63) is 59.7 Å². The molecule has 1 unspecified atom stereocenters. The van der Waals surface area contributed by atoms with E-state index in [0.29, 0.717) is 0 Å². The smallest absolute Gasteiger partial charge is 0.279 e. The molecule has 1 heterocycles. The number of aryl methyl sites for hydroxylation is 1. The number of amides is 2. The van der Waals surface area contributed by atoms with E-state index in [4.69, 9.17) is 4.74 Å². The highest BCUT2D eigenvalue weighted by Gasteiger charge is 2.16. The summed E-state index contributed by atoms with van der Waals surface area (Å²) < 4.78 is 5.40. The fourth-order valence-corrected chi connectivity index (χ4v) is 3.79. The molecule has 4 N–H and O–H groups in total. The summed E-state index contributed by atoms with van der Waals surface area (Å²) in [7, 11) is 1.85. The van der Waals surface area contributed by atoms with E-state index in [0.717, 1.165) is 61.1 Å². The maximum Gasteiger partial charge on any atom is 0.279 e. The second-order valence-corrected chi connectivity index (χ2v) is 8.15. The van der Waals surface area contributed by atoms with E-state index in [1.54, 1.807) is 0 Å². The highest BCUT2D eigenvalue weighted by Crippen LogP contribution is 2.14. The predicted octanol–water partition coefficient (Wildman–Crippen LogP) is -0.244. The highest BCUT2D eigenvalue weighted by atomic mass is 16.5. The number of carbonyl (C=O) groups excluding carboxylic acids is 2. The summed E-state index contributed by atoms with van der Waals surface area (Å²) in [6, 6.07) is 15.8. The molecule has 0 radical (unpaired) electrons. The van der Waals surface area contributed by atoms with Gasteiger partial charge in [0.15, 0.2) is 13.1 Å². The van der Waals surface area contributed by atoms with Crippen molar-refractivity contribution < 1.29 is 24.1 Å². The third-order valence-electron chi connectivity index (χ3n) is 5.49. The Bertz CT molecular complexity index is 863. The van der Waals surface area contributed by atoms with Gasteiger partial charge in [0.05, 0.1) is 20.3 Å². The van der Waals surface area contributed by atoms with Crippen LogP contribution in [-0.4, -0.2) is 58.3 Å². The zero-order valence-electron chi connectivity index (χ0n) is 18.5. The minimum atomic E-state index is -0.106. The van der Waals surface area contributed by atoms with E-state index in [1.807, 2.05) is 43.4 Å². The monoisotopic (exact) mass is 426 g/mol. The first-order valence-electron chi connectivity index (χ1n) is 11.0. The Morgan fingerprint density at radius 1 is 0.968 bits per heavy atom. The van der Waals surface area contributed by atoms with Gasteiger partial charge in [0.1, 0.15) is 19.6 Å². The summed E-state index contributed by atoms with van der Waals surface area (Å²) in [6.45, 7) is 7.19. The van der Waals surface area contributed by atoms with Crippen molar-refractivity contribution in [1.29, 1.82) is 0 Å². The second kappa shape index (κ2) is 11.6. The zero-order chi connectivity index (χ0) is 22.1. The summed E-state index contributed by atoms with van der Waals surface area (Å²) in [6.07, 6.45) is 0.855. The van der Waals surface area contributed by atoms with Gasteiger partial charge in [-0.2, -0.15) is 0 Å². The molecule has 2 aromatic rings. The summed E-state index contributed by atoms with van der Waals surface area (Å²) in [5.74, 6) is -0.202. The summed E-state index contributed by atoms with van der Waals surface area (Å²) in [5.41, 5.74) is 3.97. The molecule has 7 heteroatoms. The molecule has 0 aliphatic carbocycles. The van der Waals surface area contributed by atoms with Gasteiger partial charge in [0.25, 0.3) is 11.8 Å². The average molecular weight is 427 g/mol. The Balaban J connectivity index is 1.42. The van der Waals surface area contributed by atoms with E-state index < -0.39 is 0 Å². The maximum atomic E-state index is 12.4. The molecule has 0 spiro atoms. The number of benzene rings is 2. The Kier molecular flexibility index (Phi) is 8.58. The lowest BCUT2D eigenvalue weighted by atomic mass is 10.1. The van der Waals surface area contributed by atoms with E-state index in [1.165, 1.54) is 10.5 Å². The van der Waals surface area contributed by atoms with E-state index in [-0.39, 0.29) is 24.9 Å². The van der Waals surface area contributed by atoms with Crippen LogP contribution in [-0.2, 0) is 27.3 Å². The van der Waals surface area contributed by atoms with Gasteiger partial charge in [-0.15, -0.1) is 0 Å². The molecule has 3 rings (SSSR count). The largest absolute Gasteiger partial charge is 0.370 e. The third-order valence-corrected chi connectivity index (χ3v) is 5.49. The van der Waals surface area contributed by atoms with Gasteiger partial charge >= 0.3 is 0 Å². The number of hydrogen-bond donors (Lipinski definition) is 4. The van der Waals surface area contributed by atoms with Crippen LogP contribution in [0.5, 0.6) is 0 Å². The molecule has 2 aromatic carbocycles. The number of rotatable bonds is 9. The Hall–Kier alpha value is -2.74. The number of carbonyl (C=O) groups is 2. The molecule has 1 aliphatic rings. The molecule has 1 atom stereocenters. The summed E-state index contributed by atoms with van der Waals surface area (Å²) >= 11 is 0. The minimum Gasteiger partial charge on any atom is -0.370 e. The molecule has 1 aliphatic heterocycles. The highest BCUT2D eigenvalue weighted by molar-refractivity contribution is 5.93. The first kappa shape index (κ1) is 22.9. The SMILES string of the molecule is CCc1ccccc1NC(=O)C[NH+](C)CC(=O)Nc1ccc(C[NH+]2CCOCC2)cc1. The lowest BCUT2D eigenvalue weighted by molar-refractivity contribution is -0.921. The van der Waals surface area contributed by atoms with Crippen LogP contribution in [0.2, 0.25) is 0 Å². The second-order valence-electron chi connectivity index (χ2n) is 8.15.